The number of carbonyl (C=O) groups excluding carboxylic acids is 2. The number of rotatable bonds is 3. The lowest BCUT2D eigenvalue weighted by Crippen LogP contribution is -2.11. The molecule has 0 aliphatic heterocycles. The van der Waals surface area contributed by atoms with Crippen LogP contribution in [0.15, 0.2) is 24.3 Å². The highest BCUT2D eigenvalue weighted by molar-refractivity contribution is 7.17. The molecule has 0 saturated carbocycles. The number of ketones is 1. The lowest BCUT2D eigenvalue weighted by molar-refractivity contribution is 0.101. The van der Waals surface area contributed by atoms with Crippen molar-refractivity contribution >= 4 is 28.2 Å². The summed E-state index contributed by atoms with van der Waals surface area (Å²) in [6, 6.07) is 7.28. The molecule has 2 rings (SSSR count). The van der Waals surface area contributed by atoms with Crippen LogP contribution in [0.5, 0.6) is 0 Å². The van der Waals surface area contributed by atoms with E-state index in [1.807, 2.05) is 19.1 Å². The highest BCUT2D eigenvalue weighted by Crippen LogP contribution is 2.23. The van der Waals surface area contributed by atoms with Crippen LogP contribution in [-0.4, -0.2) is 16.7 Å². The van der Waals surface area contributed by atoms with Crippen molar-refractivity contribution in [2.45, 2.75) is 20.8 Å². The van der Waals surface area contributed by atoms with Crippen molar-refractivity contribution in [3.8, 4) is 0 Å². The monoisotopic (exact) mass is 274 g/mol. The number of nitrogens with one attached hydrogen (secondary N) is 1. The van der Waals surface area contributed by atoms with Crippen LogP contribution in [0.25, 0.3) is 0 Å². The lowest BCUT2D eigenvalue weighted by Gasteiger charge is -2.01. The molecule has 1 heterocycles. The van der Waals surface area contributed by atoms with Crippen LogP contribution in [0.1, 0.15) is 38.2 Å². The van der Waals surface area contributed by atoms with Crippen LogP contribution in [0, 0.1) is 13.8 Å². The molecule has 0 radical (unpaired) electrons. The van der Waals surface area contributed by atoms with Gasteiger partial charge in [0.05, 0.1) is 10.6 Å². The molecular formula is C14H14N2O2S. The molecule has 1 N–H and O–H groups in total. The molecule has 1 aromatic heterocycles. The summed E-state index contributed by atoms with van der Waals surface area (Å²) in [6.45, 7) is 5.21. The van der Waals surface area contributed by atoms with Gasteiger partial charge in [0.2, 0.25) is 0 Å². The Hall–Kier alpha value is -2.01. The number of aromatic nitrogens is 1. The summed E-state index contributed by atoms with van der Waals surface area (Å²) in [5.41, 5.74) is 2.32. The average molecular weight is 274 g/mol. The van der Waals surface area contributed by atoms with Gasteiger partial charge in [-0.1, -0.05) is 29.0 Å². The molecule has 0 bridgehead atoms. The molecule has 4 nitrogen and oxygen atoms in total. The minimum Gasteiger partial charge on any atom is -0.298 e. The summed E-state index contributed by atoms with van der Waals surface area (Å²) < 4.78 is 0. The molecule has 0 unspecified atom stereocenters. The maximum absolute atomic E-state index is 12.0. The Morgan fingerprint density at radius 2 is 1.79 bits per heavy atom. The predicted octanol–water partition coefficient (Wildman–Crippen LogP) is 3.21. The van der Waals surface area contributed by atoms with E-state index in [0.717, 1.165) is 5.56 Å². The van der Waals surface area contributed by atoms with E-state index in [0.29, 0.717) is 21.3 Å². The van der Waals surface area contributed by atoms with Gasteiger partial charge in [0.15, 0.2) is 10.9 Å². The van der Waals surface area contributed by atoms with Crippen molar-refractivity contribution in [3.63, 3.8) is 0 Å². The Kier molecular flexibility index (Phi) is 3.76. The van der Waals surface area contributed by atoms with Crippen molar-refractivity contribution < 1.29 is 9.59 Å². The van der Waals surface area contributed by atoms with Crippen LogP contribution in [0.2, 0.25) is 0 Å². The fraction of sp³-hybridized carbons (Fsp3) is 0.214. The molecule has 19 heavy (non-hydrogen) atoms. The second-order valence-corrected chi connectivity index (χ2v) is 5.31. The van der Waals surface area contributed by atoms with Crippen LogP contribution in [0.4, 0.5) is 5.13 Å². The third kappa shape index (κ3) is 3.06. The standard InChI is InChI=1S/C14H14N2O2S/c1-8-4-6-11(7-5-8)13(18)16-14-15-9(2)12(19-14)10(3)17/h4-7H,1-3H3,(H,15,16,18). The second-order valence-electron chi connectivity index (χ2n) is 4.31. The van der Waals surface area contributed by atoms with Crippen LogP contribution in [0.3, 0.4) is 0 Å². The van der Waals surface area contributed by atoms with E-state index in [1.54, 1.807) is 19.1 Å². The SMILES string of the molecule is CC(=O)c1sc(NC(=O)c2ccc(C)cc2)nc1C. The molecule has 2 aromatic rings. The van der Waals surface area contributed by atoms with Crippen molar-refractivity contribution in [1.29, 1.82) is 0 Å². The molecule has 5 heteroatoms. The van der Waals surface area contributed by atoms with Gasteiger partial charge in [-0.3, -0.25) is 14.9 Å². The number of benzene rings is 1. The van der Waals surface area contributed by atoms with Crippen LogP contribution in [-0.2, 0) is 0 Å². The number of aryl methyl sites for hydroxylation is 2. The molecule has 1 amide bonds. The van der Waals surface area contributed by atoms with Gasteiger partial charge in [-0.25, -0.2) is 4.98 Å². The quantitative estimate of drug-likeness (QED) is 0.874. The van der Waals surface area contributed by atoms with E-state index in [4.69, 9.17) is 0 Å². The number of amides is 1. The number of hydrogen-bond acceptors (Lipinski definition) is 4. The largest absolute Gasteiger partial charge is 0.298 e. The van der Waals surface area contributed by atoms with Gasteiger partial charge < -0.3 is 0 Å². The Morgan fingerprint density at radius 1 is 1.16 bits per heavy atom. The Balaban J connectivity index is 2.17. The molecule has 0 saturated heterocycles. The maximum Gasteiger partial charge on any atom is 0.257 e. The first kappa shape index (κ1) is 13.4. The van der Waals surface area contributed by atoms with Crippen LogP contribution >= 0.6 is 11.3 Å². The minimum atomic E-state index is -0.219. The molecule has 0 aliphatic rings. The number of hydrogen-bond donors (Lipinski definition) is 1. The number of thiazole rings is 1. The molecule has 98 valence electrons. The van der Waals surface area contributed by atoms with Gasteiger partial charge >= 0.3 is 0 Å². The third-order valence-electron chi connectivity index (χ3n) is 2.65. The highest BCUT2D eigenvalue weighted by atomic mass is 32.1. The van der Waals surface area contributed by atoms with Crippen LogP contribution < -0.4 is 5.32 Å². The summed E-state index contributed by atoms with van der Waals surface area (Å²) >= 11 is 1.20. The fourth-order valence-corrected chi connectivity index (χ4v) is 2.51. The number of carbonyl (C=O) groups is 2. The number of anilines is 1. The van der Waals surface area contributed by atoms with Crippen molar-refractivity contribution in [1.82, 2.24) is 4.98 Å². The molecule has 0 aliphatic carbocycles. The first-order valence-electron chi connectivity index (χ1n) is 5.84. The van der Waals surface area contributed by atoms with E-state index in [1.165, 1.54) is 18.3 Å². The fourth-order valence-electron chi connectivity index (χ4n) is 1.65. The summed E-state index contributed by atoms with van der Waals surface area (Å²) in [4.78, 5) is 28.1. The van der Waals surface area contributed by atoms with Gasteiger partial charge in [0, 0.05) is 12.5 Å². The number of nitrogens with zero attached hydrogens (tertiary/aromatic N) is 1. The number of Topliss-reactive ketones (excluding diaryl/α,β-unsaturated/α-hetero) is 1. The summed E-state index contributed by atoms with van der Waals surface area (Å²) in [6.07, 6.45) is 0. The zero-order chi connectivity index (χ0) is 14.0. The Morgan fingerprint density at radius 3 is 2.32 bits per heavy atom. The zero-order valence-corrected chi connectivity index (χ0v) is 11.8. The molecule has 1 aromatic carbocycles. The summed E-state index contributed by atoms with van der Waals surface area (Å²) in [7, 11) is 0. The normalized spacial score (nSPS) is 10.3. The van der Waals surface area contributed by atoms with Gasteiger partial charge in [0.25, 0.3) is 5.91 Å². The maximum atomic E-state index is 12.0. The lowest BCUT2D eigenvalue weighted by atomic mass is 10.1. The van der Waals surface area contributed by atoms with Gasteiger partial charge in [0.1, 0.15) is 0 Å². The zero-order valence-electron chi connectivity index (χ0n) is 11.0. The Labute approximate surface area is 115 Å². The first-order chi connectivity index (χ1) is 8.97. The van der Waals surface area contributed by atoms with Gasteiger partial charge in [-0.15, -0.1) is 0 Å². The molecule has 0 atom stereocenters. The Bertz CT molecular complexity index is 629. The minimum absolute atomic E-state index is 0.0363. The first-order valence-corrected chi connectivity index (χ1v) is 6.65. The van der Waals surface area contributed by atoms with Gasteiger partial charge in [-0.2, -0.15) is 0 Å². The second kappa shape index (κ2) is 5.32. The van der Waals surface area contributed by atoms with E-state index in [-0.39, 0.29) is 11.7 Å². The van der Waals surface area contributed by atoms with E-state index in [2.05, 4.69) is 10.3 Å². The highest BCUT2D eigenvalue weighted by Gasteiger charge is 2.14. The molecule has 0 spiro atoms. The summed E-state index contributed by atoms with van der Waals surface area (Å²) in [5.74, 6) is -0.255. The third-order valence-corrected chi connectivity index (χ3v) is 3.82. The van der Waals surface area contributed by atoms with Crippen molar-refractivity contribution in [3.05, 3.63) is 46.0 Å². The van der Waals surface area contributed by atoms with Crippen molar-refractivity contribution in [2.75, 3.05) is 5.32 Å². The molecule has 0 fully saturated rings. The molecular weight excluding hydrogens is 260 g/mol. The summed E-state index contributed by atoms with van der Waals surface area (Å²) in [5, 5.41) is 3.16. The predicted molar refractivity (Wildman–Crippen MR) is 76.0 cm³/mol. The van der Waals surface area contributed by atoms with Crippen molar-refractivity contribution in [2.24, 2.45) is 0 Å². The average Bonchev–Trinajstić information content (AvgIpc) is 2.71. The van der Waals surface area contributed by atoms with E-state index in [9.17, 15) is 9.59 Å². The topological polar surface area (TPSA) is 59.1 Å². The van der Waals surface area contributed by atoms with Gasteiger partial charge in [-0.05, 0) is 26.0 Å². The van der Waals surface area contributed by atoms with E-state index >= 15 is 0 Å². The van der Waals surface area contributed by atoms with E-state index < -0.39 is 0 Å². The smallest absolute Gasteiger partial charge is 0.257 e.